The average molecular weight is 287 g/mol. The average Bonchev–Trinajstić information content (AvgIpc) is 2.43. The summed E-state index contributed by atoms with van der Waals surface area (Å²) in [7, 11) is 2.27. The minimum absolute atomic E-state index is 0.0288. The molecule has 0 amide bonds. The number of likely N-dealkylation sites (N-methyl/N-ethyl adjacent to an activating group) is 1. The van der Waals surface area contributed by atoms with Crippen molar-refractivity contribution in [3.8, 4) is 5.75 Å². The Bertz CT molecular complexity index is 583. The van der Waals surface area contributed by atoms with E-state index >= 15 is 0 Å². The second-order valence-electron chi connectivity index (χ2n) is 7.86. The van der Waals surface area contributed by atoms with Gasteiger partial charge in [0.15, 0.2) is 0 Å². The van der Waals surface area contributed by atoms with Crippen molar-refractivity contribution in [3.05, 3.63) is 29.3 Å². The van der Waals surface area contributed by atoms with Gasteiger partial charge < -0.3 is 14.7 Å². The van der Waals surface area contributed by atoms with Crippen LogP contribution in [0.15, 0.2) is 18.2 Å². The molecule has 0 aromatic heterocycles. The Morgan fingerprint density at radius 1 is 1.33 bits per heavy atom. The summed E-state index contributed by atoms with van der Waals surface area (Å²) in [6.07, 6.45) is 3.35. The van der Waals surface area contributed by atoms with Crippen molar-refractivity contribution < 1.29 is 9.84 Å². The van der Waals surface area contributed by atoms with Gasteiger partial charge in [-0.2, -0.15) is 0 Å². The molecule has 114 valence electrons. The number of phenolic OH excluding ortho intramolecular Hbond substituents is 1. The summed E-state index contributed by atoms with van der Waals surface area (Å²) in [5.74, 6) is 1.03. The quantitative estimate of drug-likeness (QED) is 0.796. The number of phenols is 1. The lowest BCUT2D eigenvalue weighted by atomic mass is 9.54. The van der Waals surface area contributed by atoms with Crippen molar-refractivity contribution in [2.75, 3.05) is 20.2 Å². The maximum Gasteiger partial charge on any atom is 0.115 e. The molecule has 2 fully saturated rings. The molecule has 2 heterocycles. The fraction of sp³-hybridized carbons (Fsp3) is 0.667. The first-order valence-corrected chi connectivity index (χ1v) is 8.08. The van der Waals surface area contributed by atoms with E-state index in [2.05, 4.69) is 31.9 Å². The second kappa shape index (κ2) is 4.23. The molecule has 0 saturated carbocycles. The zero-order valence-corrected chi connectivity index (χ0v) is 13.2. The van der Waals surface area contributed by atoms with E-state index < -0.39 is 0 Å². The summed E-state index contributed by atoms with van der Waals surface area (Å²) >= 11 is 0. The van der Waals surface area contributed by atoms with Crippen molar-refractivity contribution in [2.24, 2.45) is 5.92 Å². The van der Waals surface area contributed by atoms with Crippen LogP contribution in [0.25, 0.3) is 0 Å². The van der Waals surface area contributed by atoms with E-state index in [0.717, 1.165) is 32.4 Å². The van der Waals surface area contributed by atoms with E-state index in [0.29, 0.717) is 17.7 Å². The third-order valence-electron chi connectivity index (χ3n) is 6.14. The summed E-state index contributed by atoms with van der Waals surface area (Å²) in [5, 5.41) is 9.98. The number of likely N-dealkylation sites (tertiary alicyclic amines) is 1. The van der Waals surface area contributed by atoms with Gasteiger partial charge in [0.25, 0.3) is 0 Å². The van der Waals surface area contributed by atoms with Crippen LogP contribution in [0.4, 0.5) is 0 Å². The largest absolute Gasteiger partial charge is 0.508 e. The van der Waals surface area contributed by atoms with Gasteiger partial charge in [0.05, 0.1) is 12.2 Å². The van der Waals surface area contributed by atoms with Crippen molar-refractivity contribution in [1.82, 2.24) is 4.90 Å². The van der Waals surface area contributed by atoms with Gasteiger partial charge in [-0.3, -0.25) is 0 Å². The molecular weight excluding hydrogens is 262 g/mol. The first-order chi connectivity index (χ1) is 9.91. The normalized spacial score (nSPS) is 37.7. The number of rotatable bonds is 0. The number of hydrogen-bond donors (Lipinski definition) is 1. The first-order valence-electron chi connectivity index (χ1n) is 8.08. The molecule has 2 saturated heterocycles. The number of aromatic hydroxyl groups is 1. The molecule has 3 heteroatoms. The highest BCUT2D eigenvalue weighted by molar-refractivity contribution is 5.45. The highest BCUT2D eigenvalue weighted by atomic mass is 16.5. The predicted molar refractivity (Wildman–Crippen MR) is 82.7 cm³/mol. The van der Waals surface area contributed by atoms with Crippen LogP contribution in [-0.4, -0.2) is 41.8 Å². The minimum atomic E-state index is -0.0288. The fourth-order valence-electron chi connectivity index (χ4n) is 4.97. The topological polar surface area (TPSA) is 32.7 Å². The molecule has 0 radical (unpaired) electrons. The molecule has 3 atom stereocenters. The molecule has 2 aliphatic heterocycles. The molecule has 3 nitrogen and oxygen atoms in total. The van der Waals surface area contributed by atoms with Crippen LogP contribution in [0.3, 0.4) is 0 Å². The molecule has 1 N–H and O–H groups in total. The molecule has 2 bridgehead atoms. The fourth-order valence-corrected chi connectivity index (χ4v) is 4.97. The van der Waals surface area contributed by atoms with Gasteiger partial charge >= 0.3 is 0 Å². The van der Waals surface area contributed by atoms with Gasteiger partial charge in [-0.15, -0.1) is 0 Å². The Kier molecular flexibility index (Phi) is 2.74. The van der Waals surface area contributed by atoms with E-state index in [9.17, 15) is 5.11 Å². The van der Waals surface area contributed by atoms with E-state index in [1.54, 1.807) is 0 Å². The van der Waals surface area contributed by atoms with Gasteiger partial charge in [-0.1, -0.05) is 6.07 Å². The molecule has 0 spiro atoms. The Morgan fingerprint density at radius 2 is 2.14 bits per heavy atom. The lowest BCUT2D eigenvalue weighted by molar-refractivity contribution is -0.153. The summed E-state index contributed by atoms with van der Waals surface area (Å²) < 4.78 is 6.24. The summed E-state index contributed by atoms with van der Waals surface area (Å²) in [6.45, 7) is 6.35. The van der Waals surface area contributed by atoms with Crippen molar-refractivity contribution in [1.29, 1.82) is 0 Å². The maximum absolute atomic E-state index is 9.98. The zero-order valence-electron chi connectivity index (χ0n) is 13.2. The summed E-state index contributed by atoms with van der Waals surface area (Å²) in [5.41, 5.74) is 2.84. The van der Waals surface area contributed by atoms with Crippen LogP contribution in [0.1, 0.15) is 37.8 Å². The molecular formula is C18H25NO2. The third kappa shape index (κ3) is 1.87. The van der Waals surface area contributed by atoms with Crippen LogP contribution in [0.2, 0.25) is 0 Å². The van der Waals surface area contributed by atoms with Gasteiger partial charge in [0.2, 0.25) is 0 Å². The smallest absolute Gasteiger partial charge is 0.115 e. The molecule has 1 aliphatic carbocycles. The Hall–Kier alpha value is -1.06. The van der Waals surface area contributed by atoms with E-state index in [1.807, 2.05) is 12.1 Å². The van der Waals surface area contributed by atoms with Gasteiger partial charge in [-0.05, 0) is 75.9 Å². The lowest BCUT2D eigenvalue weighted by Gasteiger charge is -2.60. The number of benzene rings is 1. The molecule has 3 aliphatic rings. The van der Waals surface area contributed by atoms with Crippen LogP contribution < -0.4 is 0 Å². The molecule has 4 rings (SSSR count). The Morgan fingerprint density at radius 3 is 2.95 bits per heavy atom. The second-order valence-corrected chi connectivity index (χ2v) is 7.86. The van der Waals surface area contributed by atoms with E-state index in [-0.39, 0.29) is 11.0 Å². The standard InChI is InChI=1S/C18H25NO2/c1-17(2)10-15-16-8-12-4-5-13(20)9-14(12)18(15,11-21-17)6-7-19(16)3/h4-5,9,15-16,20H,6-8,10-11H2,1-3H3/t15-,16+,18+/m0/s1. The van der Waals surface area contributed by atoms with Crippen LogP contribution in [0, 0.1) is 5.92 Å². The van der Waals surface area contributed by atoms with Crippen molar-refractivity contribution in [3.63, 3.8) is 0 Å². The molecule has 21 heavy (non-hydrogen) atoms. The molecule has 1 aromatic carbocycles. The summed E-state index contributed by atoms with van der Waals surface area (Å²) in [4.78, 5) is 2.54. The SMILES string of the molecule is CN1CC[C@]23COC(C)(C)C[C@H]2[C@H]1Cc1ccc(O)cc13. The zero-order chi connectivity index (χ0) is 14.8. The predicted octanol–water partition coefficient (Wildman–Crippen LogP) is 2.71. The van der Waals surface area contributed by atoms with Crippen molar-refractivity contribution in [2.45, 2.75) is 50.2 Å². The van der Waals surface area contributed by atoms with Crippen LogP contribution in [0.5, 0.6) is 5.75 Å². The van der Waals surface area contributed by atoms with Gasteiger partial charge in [0, 0.05) is 11.5 Å². The molecule has 1 aromatic rings. The third-order valence-corrected chi connectivity index (χ3v) is 6.14. The number of ether oxygens (including phenoxy) is 1. The first kappa shape index (κ1) is 13.6. The minimum Gasteiger partial charge on any atom is -0.508 e. The van der Waals surface area contributed by atoms with E-state index in [4.69, 9.17) is 4.74 Å². The van der Waals surface area contributed by atoms with Crippen LogP contribution in [-0.2, 0) is 16.6 Å². The highest BCUT2D eigenvalue weighted by Gasteiger charge is 2.56. The number of piperidine rings is 1. The highest BCUT2D eigenvalue weighted by Crippen LogP contribution is 2.55. The van der Waals surface area contributed by atoms with Crippen LogP contribution >= 0.6 is 0 Å². The Balaban J connectivity index is 1.87. The Labute approximate surface area is 126 Å². The number of hydrogen-bond acceptors (Lipinski definition) is 3. The number of nitrogens with zero attached hydrogens (tertiary/aromatic N) is 1. The van der Waals surface area contributed by atoms with Crippen molar-refractivity contribution >= 4 is 0 Å². The summed E-state index contributed by atoms with van der Waals surface area (Å²) in [6, 6.07) is 6.57. The van der Waals surface area contributed by atoms with Gasteiger partial charge in [0.1, 0.15) is 5.75 Å². The molecule has 0 unspecified atom stereocenters. The monoisotopic (exact) mass is 287 g/mol. The maximum atomic E-state index is 9.98. The van der Waals surface area contributed by atoms with E-state index in [1.165, 1.54) is 11.1 Å². The van der Waals surface area contributed by atoms with Gasteiger partial charge in [-0.25, -0.2) is 0 Å². The lowest BCUT2D eigenvalue weighted by Crippen LogP contribution is -2.64. The number of fused-ring (bicyclic) bond motifs is 1.